The van der Waals surface area contributed by atoms with Crippen molar-refractivity contribution in [2.24, 2.45) is 4.99 Å². The summed E-state index contributed by atoms with van der Waals surface area (Å²) in [6, 6.07) is 4.59. The monoisotopic (exact) mass is 549 g/mol. The predicted octanol–water partition coefficient (Wildman–Crippen LogP) is 3.14. The van der Waals surface area contributed by atoms with Gasteiger partial charge >= 0.3 is 6.18 Å². The first kappa shape index (κ1) is 26.0. The third kappa shape index (κ3) is 6.71. The van der Waals surface area contributed by atoms with E-state index in [1.807, 2.05) is 0 Å². The van der Waals surface area contributed by atoms with Gasteiger partial charge in [0.1, 0.15) is 0 Å². The van der Waals surface area contributed by atoms with Gasteiger partial charge in [0, 0.05) is 33.1 Å². The summed E-state index contributed by atoms with van der Waals surface area (Å²) < 4.78 is 67.7. The minimum absolute atomic E-state index is 0. The summed E-state index contributed by atoms with van der Waals surface area (Å²) in [6.07, 6.45) is -2.46. The lowest BCUT2D eigenvalue weighted by Gasteiger charge is -2.36. The Morgan fingerprint density at radius 2 is 1.93 bits per heavy atom. The highest BCUT2D eigenvalue weighted by molar-refractivity contribution is 14.0. The van der Waals surface area contributed by atoms with E-state index in [-0.39, 0.29) is 30.5 Å². The Balaban J connectivity index is 0.00000420. The molecule has 1 atom stereocenters. The number of hydrogen-bond donors (Lipinski definition) is 2. The number of aliphatic imine (C=N–C) groups is 1. The maximum Gasteiger partial charge on any atom is 0.416 e. The highest BCUT2D eigenvalue weighted by Crippen LogP contribution is 2.31. The van der Waals surface area contributed by atoms with Crippen LogP contribution in [-0.2, 0) is 20.8 Å². The Hall–Kier alpha value is -1.08. The van der Waals surface area contributed by atoms with Crippen LogP contribution in [0.1, 0.15) is 36.9 Å². The molecule has 0 spiro atoms. The lowest BCUT2D eigenvalue weighted by atomic mass is 9.99. The molecule has 1 aromatic carbocycles. The Morgan fingerprint density at radius 1 is 1.31 bits per heavy atom. The average Bonchev–Trinajstić information content (AvgIpc) is 2.64. The lowest BCUT2D eigenvalue weighted by molar-refractivity contribution is -0.137. The maximum atomic E-state index is 12.9. The summed E-state index contributed by atoms with van der Waals surface area (Å²) >= 11 is 0. The number of alkyl halides is 3. The van der Waals surface area contributed by atoms with Gasteiger partial charge in [-0.05, 0) is 37.5 Å². The van der Waals surface area contributed by atoms with Crippen molar-refractivity contribution in [2.75, 3.05) is 33.1 Å². The summed E-state index contributed by atoms with van der Waals surface area (Å²) in [7, 11) is -1.83. The Morgan fingerprint density at radius 3 is 2.45 bits per heavy atom. The van der Waals surface area contributed by atoms with E-state index in [0.29, 0.717) is 37.6 Å². The van der Waals surface area contributed by atoms with Crippen LogP contribution in [0.5, 0.6) is 0 Å². The molecular weight excluding hydrogens is 522 g/mol. The minimum Gasteiger partial charge on any atom is -0.381 e. The third-order valence-corrected chi connectivity index (χ3v) is 7.19. The molecule has 1 aromatic rings. The van der Waals surface area contributed by atoms with Crippen LogP contribution in [0, 0.1) is 0 Å². The molecule has 166 valence electrons. The molecule has 11 heteroatoms. The zero-order valence-electron chi connectivity index (χ0n) is 16.5. The molecule has 0 saturated carbocycles. The van der Waals surface area contributed by atoms with Crippen molar-refractivity contribution in [3.63, 3.8) is 0 Å². The zero-order valence-corrected chi connectivity index (χ0v) is 19.7. The normalized spacial score (nSPS) is 18.5. The fourth-order valence-electron chi connectivity index (χ4n) is 3.13. The molecule has 1 fully saturated rings. The summed E-state index contributed by atoms with van der Waals surface area (Å²) in [4.78, 5) is 4.07. The second-order valence-corrected chi connectivity index (χ2v) is 9.39. The van der Waals surface area contributed by atoms with Crippen LogP contribution in [-0.4, -0.2) is 52.2 Å². The molecule has 1 aliphatic rings. The lowest BCUT2D eigenvalue weighted by Crippen LogP contribution is -2.53. The molecule has 1 heterocycles. The number of halogens is 4. The number of guanidine groups is 1. The van der Waals surface area contributed by atoms with Crippen LogP contribution in [0.25, 0.3) is 0 Å². The van der Waals surface area contributed by atoms with Gasteiger partial charge in [0.2, 0.25) is 0 Å². The fourth-order valence-corrected chi connectivity index (χ4v) is 4.38. The number of nitrogens with one attached hydrogen (secondary N) is 2. The predicted molar refractivity (Wildman–Crippen MR) is 117 cm³/mol. The molecule has 0 amide bonds. The zero-order chi connectivity index (χ0) is 21.0. The van der Waals surface area contributed by atoms with Crippen molar-refractivity contribution in [3.8, 4) is 0 Å². The summed E-state index contributed by atoms with van der Waals surface area (Å²) in [5.74, 6) is 0.319. The Labute approximate surface area is 186 Å². The quantitative estimate of drug-likeness (QED) is 0.335. The van der Waals surface area contributed by atoms with E-state index < -0.39 is 32.4 Å². The van der Waals surface area contributed by atoms with Crippen LogP contribution in [0.4, 0.5) is 13.2 Å². The number of sulfone groups is 1. The molecule has 29 heavy (non-hydrogen) atoms. The van der Waals surface area contributed by atoms with Crippen molar-refractivity contribution in [1.82, 2.24) is 10.6 Å². The topological polar surface area (TPSA) is 79.8 Å². The summed E-state index contributed by atoms with van der Waals surface area (Å²) in [6.45, 7) is 2.58. The van der Waals surface area contributed by atoms with Crippen molar-refractivity contribution in [2.45, 2.75) is 36.7 Å². The number of rotatable bonds is 5. The van der Waals surface area contributed by atoms with E-state index in [1.165, 1.54) is 19.4 Å². The van der Waals surface area contributed by atoms with Gasteiger partial charge in [0.25, 0.3) is 0 Å². The summed E-state index contributed by atoms with van der Waals surface area (Å²) in [5.41, 5.74) is -0.276. The number of benzene rings is 1. The van der Waals surface area contributed by atoms with E-state index in [1.54, 1.807) is 13.0 Å². The molecule has 1 saturated heterocycles. The van der Waals surface area contributed by atoms with Gasteiger partial charge in [-0.1, -0.05) is 12.1 Å². The molecule has 2 N–H and O–H groups in total. The molecule has 6 nitrogen and oxygen atoms in total. The molecule has 1 aliphatic heterocycles. The van der Waals surface area contributed by atoms with E-state index in [0.717, 1.165) is 12.1 Å². The second kappa shape index (κ2) is 10.3. The van der Waals surface area contributed by atoms with E-state index in [4.69, 9.17) is 4.74 Å². The smallest absolute Gasteiger partial charge is 0.381 e. The van der Waals surface area contributed by atoms with Gasteiger partial charge in [-0.3, -0.25) is 4.99 Å². The third-order valence-electron chi connectivity index (χ3n) is 5.06. The highest BCUT2D eigenvalue weighted by Gasteiger charge is 2.42. The van der Waals surface area contributed by atoms with Gasteiger partial charge in [-0.2, -0.15) is 13.2 Å². The Bertz CT molecular complexity index is 810. The molecule has 0 radical (unpaired) electrons. The van der Waals surface area contributed by atoms with Crippen molar-refractivity contribution in [1.29, 1.82) is 0 Å². The van der Waals surface area contributed by atoms with Crippen LogP contribution in [0.2, 0.25) is 0 Å². The van der Waals surface area contributed by atoms with Crippen molar-refractivity contribution >= 4 is 39.8 Å². The van der Waals surface area contributed by atoms with Crippen LogP contribution in [0.15, 0.2) is 29.3 Å². The average molecular weight is 549 g/mol. The standard InChI is InChI=1S/C18H26F3N3O3S.HI/c1-13(14-5-4-6-15(11-14)18(19,20)21)24-16(22-2)23-12-17(28(3,25)26)7-9-27-10-8-17;/h4-6,11,13H,7-10,12H2,1-3H3,(H2,22,23,24);1H. The SMILES string of the molecule is CN=C(NCC1(S(C)(=O)=O)CCOCC1)NC(C)c1cccc(C(F)(F)F)c1.I. The first-order valence-electron chi connectivity index (χ1n) is 8.90. The first-order chi connectivity index (χ1) is 13.0. The van der Waals surface area contributed by atoms with Crippen molar-refractivity contribution in [3.05, 3.63) is 35.4 Å². The summed E-state index contributed by atoms with van der Waals surface area (Å²) in [5, 5.41) is 6.03. The van der Waals surface area contributed by atoms with Crippen LogP contribution >= 0.6 is 24.0 Å². The van der Waals surface area contributed by atoms with Gasteiger partial charge in [-0.25, -0.2) is 8.42 Å². The second-order valence-electron chi connectivity index (χ2n) is 6.98. The number of nitrogens with zero attached hydrogens (tertiary/aromatic N) is 1. The van der Waals surface area contributed by atoms with Crippen LogP contribution in [0.3, 0.4) is 0 Å². The molecular formula is C18H27F3IN3O3S. The highest BCUT2D eigenvalue weighted by atomic mass is 127. The maximum absolute atomic E-state index is 12.9. The van der Waals surface area contributed by atoms with Crippen molar-refractivity contribution < 1.29 is 26.3 Å². The van der Waals surface area contributed by atoms with E-state index >= 15 is 0 Å². The Kier molecular flexibility index (Phi) is 9.21. The van der Waals surface area contributed by atoms with Gasteiger partial charge in [0.05, 0.1) is 16.4 Å². The fraction of sp³-hybridized carbons (Fsp3) is 0.611. The van der Waals surface area contributed by atoms with Gasteiger partial charge in [0.15, 0.2) is 15.8 Å². The minimum atomic E-state index is -4.42. The van der Waals surface area contributed by atoms with Crippen LogP contribution < -0.4 is 10.6 Å². The first-order valence-corrected chi connectivity index (χ1v) is 10.8. The molecule has 0 bridgehead atoms. The molecule has 2 rings (SSSR count). The van der Waals surface area contributed by atoms with E-state index in [9.17, 15) is 21.6 Å². The number of ether oxygens (including phenoxy) is 1. The van der Waals surface area contributed by atoms with E-state index in [2.05, 4.69) is 15.6 Å². The van der Waals surface area contributed by atoms with Gasteiger partial charge < -0.3 is 15.4 Å². The van der Waals surface area contributed by atoms with Gasteiger partial charge in [-0.15, -0.1) is 24.0 Å². The number of hydrogen-bond acceptors (Lipinski definition) is 4. The molecule has 0 aliphatic carbocycles. The molecule has 1 unspecified atom stereocenters. The molecule has 0 aromatic heterocycles. The largest absolute Gasteiger partial charge is 0.416 e.